The van der Waals surface area contributed by atoms with Crippen molar-refractivity contribution in [1.82, 2.24) is 4.90 Å². The van der Waals surface area contributed by atoms with Gasteiger partial charge in [-0.05, 0) is 47.8 Å². The lowest BCUT2D eigenvalue weighted by molar-refractivity contribution is 0.0692. The molecule has 2 rings (SSSR count). The van der Waals surface area contributed by atoms with Gasteiger partial charge in [0.1, 0.15) is 0 Å². The van der Waals surface area contributed by atoms with Crippen molar-refractivity contribution >= 4 is 21.8 Å². The van der Waals surface area contributed by atoms with Crippen LogP contribution in [0.4, 0.5) is 0 Å². The number of benzene rings is 1. The summed E-state index contributed by atoms with van der Waals surface area (Å²) in [6, 6.07) is 5.77. The van der Waals surface area contributed by atoms with Gasteiger partial charge in [-0.1, -0.05) is 18.1 Å². The van der Waals surface area contributed by atoms with Crippen LogP contribution in [0.1, 0.15) is 35.2 Å². The normalized spacial score (nSPS) is 22.5. The first-order valence-electron chi connectivity index (χ1n) is 6.68. The number of hydrogen-bond acceptors (Lipinski definition) is 2. The van der Waals surface area contributed by atoms with E-state index in [0.717, 1.165) is 29.3 Å². The number of carbonyl (C=O) groups excluding carboxylic acids is 1. The van der Waals surface area contributed by atoms with Gasteiger partial charge in [0.15, 0.2) is 0 Å². The molecule has 1 amide bonds. The highest BCUT2D eigenvalue weighted by atomic mass is 79.9. The second kappa shape index (κ2) is 6.06. The number of amides is 1. The molecule has 2 atom stereocenters. The predicted molar refractivity (Wildman–Crippen MR) is 79.2 cm³/mol. The van der Waals surface area contributed by atoms with E-state index in [1.54, 1.807) is 4.90 Å². The third-order valence-corrected chi connectivity index (χ3v) is 4.52. The van der Waals surface area contributed by atoms with E-state index in [0.29, 0.717) is 12.1 Å². The lowest BCUT2D eigenvalue weighted by atomic mass is 10.0. The van der Waals surface area contributed by atoms with Gasteiger partial charge < -0.3 is 10.0 Å². The Morgan fingerprint density at radius 1 is 1.47 bits per heavy atom. The van der Waals surface area contributed by atoms with Gasteiger partial charge in [0.25, 0.3) is 5.91 Å². The van der Waals surface area contributed by atoms with E-state index >= 15 is 0 Å². The molecule has 3 nitrogen and oxygen atoms in total. The zero-order valence-electron chi connectivity index (χ0n) is 11.4. The summed E-state index contributed by atoms with van der Waals surface area (Å²) in [6.45, 7) is 2.60. The SMILES string of the molecule is Cc1ccc(Br)c(C(=O)N(C)CC2CCCC2O)c1. The molecule has 0 aliphatic heterocycles. The molecule has 0 heterocycles. The Morgan fingerprint density at radius 3 is 2.84 bits per heavy atom. The third kappa shape index (κ3) is 3.37. The summed E-state index contributed by atoms with van der Waals surface area (Å²) in [5.41, 5.74) is 1.76. The van der Waals surface area contributed by atoms with Crippen LogP contribution in [-0.4, -0.2) is 35.6 Å². The fourth-order valence-corrected chi connectivity index (χ4v) is 3.09. The maximum Gasteiger partial charge on any atom is 0.254 e. The van der Waals surface area contributed by atoms with Gasteiger partial charge in [-0.3, -0.25) is 4.79 Å². The highest BCUT2D eigenvalue weighted by Crippen LogP contribution is 2.27. The van der Waals surface area contributed by atoms with Crippen molar-refractivity contribution in [2.24, 2.45) is 5.92 Å². The quantitative estimate of drug-likeness (QED) is 0.928. The average molecular weight is 326 g/mol. The number of aliphatic hydroxyl groups is 1. The summed E-state index contributed by atoms with van der Waals surface area (Å²) in [4.78, 5) is 14.1. The summed E-state index contributed by atoms with van der Waals surface area (Å²) in [5, 5.41) is 9.84. The number of rotatable bonds is 3. The molecule has 104 valence electrons. The van der Waals surface area contributed by atoms with Gasteiger partial charge >= 0.3 is 0 Å². The number of hydrogen-bond donors (Lipinski definition) is 1. The van der Waals surface area contributed by atoms with Crippen molar-refractivity contribution in [3.05, 3.63) is 33.8 Å². The second-order valence-electron chi connectivity index (χ2n) is 5.43. The average Bonchev–Trinajstić information content (AvgIpc) is 2.77. The van der Waals surface area contributed by atoms with Crippen LogP contribution >= 0.6 is 15.9 Å². The summed E-state index contributed by atoms with van der Waals surface area (Å²) in [5.74, 6) is 0.229. The number of nitrogens with zero attached hydrogens (tertiary/aromatic N) is 1. The monoisotopic (exact) mass is 325 g/mol. The Morgan fingerprint density at radius 2 is 2.21 bits per heavy atom. The maximum atomic E-state index is 12.4. The van der Waals surface area contributed by atoms with Gasteiger partial charge in [-0.15, -0.1) is 0 Å². The number of aryl methyl sites for hydroxylation is 1. The van der Waals surface area contributed by atoms with Gasteiger partial charge in [-0.2, -0.15) is 0 Å². The lowest BCUT2D eigenvalue weighted by Crippen LogP contribution is -2.34. The van der Waals surface area contributed by atoms with Gasteiger partial charge in [0.2, 0.25) is 0 Å². The fraction of sp³-hybridized carbons (Fsp3) is 0.533. The highest BCUT2D eigenvalue weighted by molar-refractivity contribution is 9.10. The van der Waals surface area contributed by atoms with Gasteiger partial charge in [-0.25, -0.2) is 0 Å². The Hall–Kier alpha value is -0.870. The van der Waals surface area contributed by atoms with Gasteiger partial charge in [0, 0.05) is 24.0 Å². The third-order valence-electron chi connectivity index (χ3n) is 3.83. The van der Waals surface area contributed by atoms with Crippen molar-refractivity contribution < 1.29 is 9.90 Å². The smallest absolute Gasteiger partial charge is 0.254 e. The summed E-state index contributed by atoms with van der Waals surface area (Å²) in [6.07, 6.45) is 2.67. The Labute approximate surface area is 122 Å². The molecular weight excluding hydrogens is 306 g/mol. The molecule has 0 radical (unpaired) electrons. The first-order valence-corrected chi connectivity index (χ1v) is 7.48. The van der Waals surface area contributed by atoms with Crippen LogP contribution in [0, 0.1) is 12.8 Å². The van der Waals surface area contributed by atoms with E-state index in [1.165, 1.54) is 0 Å². The van der Waals surface area contributed by atoms with Crippen LogP contribution in [0.3, 0.4) is 0 Å². The highest BCUT2D eigenvalue weighted by Gasteiger charge is 2.28. The Kier molecular flexibility index (Phi) is 4.63. The van der Waals surface area contributed by atoms with E-state index in [-0.39, 0.29) is 17.9 Å². The largest absolute Gasteiger partial charge is 0.393 e. The zero-order chi connectivity index (χ0) is 14.0. The van der Waals surface area contributed by atoms with E-state index in [9.17, 15) is 9.90 Å². The first kappa shape index (κ1) is 14.5. The Balaban J connectivity index is 2.08. The molecule has 1 aliphatic carbocycles. The molecule has 1 N–H and O–H groups in total. The van der Waals surface area contributed by atoms with Crippen molar-refractivity contribution in [2.45, 2.75) is 32.3 Å². The van der Waals surface area contributed by atoms with E-state index < -0.39 is 0 Å². The zero-order valence-corrected chi connectivity index (χ0v) is 13.0. The second-order valence-corrected chi connectivity index (χ2v) is 6.28. The number of halogens is 1. The van der Waals surface area contributed by atoms with Gasteiger partial charge in [0.05, 0.1) is 11.7 Å². The minimum absolute atomic E-state index is 0.00896. The van der Waals surface area contributed by atoms with Crippen LogP contribution in [0.25, 0.3) is 0 Å². The molecule has 2 unspecified atom stereocenters. The molecule has 1 aromatic rings. The van der Waals surface area contributed by atoms with Crippen LogP contribution in [0.2, 0.25) is 0 Å². The number of aliphatic hydroxyl groups excluding tert-OH is 1. The Bertz CT molecular complexity index is 475. The molecule has 1 saturated carbocycles. The summed E-state index contributed by atoms with van der Waals surface area (Å²) < 4.78 is 0.821. The molecule has 0 spiro atoms. The minimum Gasteiger partial charge on any atom is -0.393 e. The van der Waals surface area contributed by atoms with Crippen LogP contribution in [0.5, 0.6) is 0 Å². The first-order chi connectivity index (χ1) is 8.99. The molecule has 1 fully saturated rings. The lowest BCUT2D eigenvalue weighted by Gasteiger charge is -2.24. The molecule has 0 bridgehead atoms. The molecule has 1 aromatic carbocycles. The number of carbonyl (C=O) groups is 1. The van der Waals surface area contributed by atoms with Crippen LogP contribution < -0.4 is 0 Å². The maximum absolute atomic E-state index is 12.4. The standard InChI is InChI=1S/C15H20BrNO2/c1-10-6-7-13(16)12(8-10)15(19)17(2)9-11-4-3-5-14(11)18/h6-8,11,14,18H,3-5,9H2,1-2H3. The van der Waals surface area contributed by atoms with Crippen LogP contribution in [0.15, 0.2) is 22.7 Å². The molecule has 0 saturated heterocycles. The van der Waals surface area contributed by atoms with E-state index in [1.807, 2.05) is 32.2 Å². The van der Waals surface area contributed by atoms with Crippen molar-refractivity contribution in [2.75, 3.05) is 13.6 Å². The molecule has 1 aliphatic rings. The fourth-order valence-electron chi connectivity index (χ4n) is 2.67. The van der Waals surface area contributed by atoms with E-state index in [2.05, 4.69) is 15.9 Å². The topological polar surface area (TPSA) is 40.5 Å². The summed E-state index contributed by atoms with van der Waals surface area (Å²) in [7, 11) is 1.81. The molecule has 19 heavy (non-hydrogen) atoms. The molecule has 4 heteroatoms. The molecule has 0 aromatic heterocycles. The van der Waals surface area contributed by atoms with Crippen molar-refractivity contribution in [3.63, 3.8) is 0 Å². The van der Waals surface area contributed by atoms with Crippen molar-refractivity contribution in [1.29, 1.82) is 0 Å². The minimum atomic E-state index is -0.254. The summed E-state index contributed by atoms with van der Waals surface area (Å²) >= 11 is 3.43. The van der Waals surface area contributed by atoms with Crippen LogP contribution in [-0.2, 0) is 0 Å². The van der Waals surface area contributed by atoms with Crippen molar-refractivity contribution in [3.8, 4) is 0 Å². The predicted octanol–water partition coefficient (Wildman–Crippen LogP) is 2.99. The molecular formula is C15H20BrNO2. The van der Waals surface area contributed by atoms with E-state index in [4.69, 9.17) is 0 Å².